The van der Waals surface area contributed by atoms with Gasteiger partial charge in [-0.25, -0.2) is 0 Å². The molecule has 0 fully saturated rings. The Balaban J connectivity index is 2.46. The van der Waals surface area contributed by atoms with Crippen LogP contribution >= 0.6 is 0 Å². The summed E-state index contributed by atoms with van der Waals surface area (Å²) in [6, 6.07) is 19.2. The summed E-state index contributed by atoms with van der Waals surface area (Å²) < 4.78 is 0. The summed E-state index contributed by atoms with van der Waals surface area (Å²) in [4.78, 5) is 11.6. The molecule has 2 rings (SSSR count). The molecule has 20 heavy (non-hydrogen) atoms. The molecule has 0 aliphatic carbocycles. The first-order valence-electron chi connectivity index (χ1n) is 6.67. The second-order valence-electron chi connectivity index (χ2n) is 4.76. The molecule has 0 saturated carbocycles. The lowest BCUT2D eigenvalue weighted by atomic mass is 9.79. The molecule has 0 aliphatic rings. The topological polar surface area (TPSA) is 57.5 Å². The van der Waals surface area contributed by atoms with Crippen molar-refractivity contribution < 1.29 is 15.0 Å². The van der Waals surface area contributed by atoms with Crippen molar-refractivity contribution in [2.75, 3.05) is 6.61 Å². The Bertz CT molecular complexity index is 497. The van der Waals surface area contributed by atoms with E-state index < -0.39 is 11.9 Å². The van der Waals surface area contributed by atoms with Crippen LogP contribution in [0.3, 0.4) is 0 Å². The molecule has 3 nitrogen and oxygen atoms in total. The summed E-state index contributed by atoms with van der Waals surface area (Å²) in [5.74, 6) is -1.76. The van der Waals surface area contributed by atoms with Crippen molar-refractivity contribution in [3.63, 3.8) is 0 Å². The van der Waals surface area contributed by atoms with Gasteiger partial charge in [0.2, 0.25) is 0 Å². The Morgan fingerprint density at radius 1 is 0.900 bits per heavy atom. The van der Waals surface area contributed by atoms with E-state index in [1.807, 2.05) is 60.7 Å². The molecular formula is C17H18O3. The monoisotopic (exact) mass is 270 g/mol. The fraction of sp³-hybridized carbons (Fsp3) is 0.235. The minimum absolute atomic E-state index is 0.132. The average molecular weight is 270 g/mol. The molecule has 0 heterocycles. The van der Waals surface area contributed by atoms with E-state index in [2.05, 4.69) is 0 Å². The zero-order valence-electron chi connectivity index (χ0n) is 11.1. The minimum Gasteiger partial charge on any atom is -0.481 e. The van der Waals surface area contributed by atoms with Gasteiger partial charge in [-0.05, 0) is 17.5 Å². The molecule has 0 aromatic heterocycles. The minimum atomic E-state index is -0.878. The second kappa shape index (κ2) is 6.87. The number of aliphatic hydroxyl groups is 1. The molecule has 0 radical (unpaired) electrons. The number of carboxylic acid groups (broad SMARTS) is 1. The third kappa shape index (κ3) is 3.25. The van der Waals surface area contributed by atoms with Gasteiger partial charge in [-0.15, -0.1) is 0 Å². The van der Waals surface area contributed by atoms with Crippen molar-refractivity contribution in [2.24, 2.45) is 5.92 Å². The number of hydrogen-bond acceptors (Lipinski definition) is 2. The highest BCUT2D eigenvalue weighted by Gasteiger charge is 2.30. The summed E-state index contributed by atoms with van der Waals surface area (Å²) in [5, 5.41) is 18.7. The summed E-state index contributed by atoms with van der Waals surface area (Å²) in [5.41, 5.74) is 1.92. The van der Waals surface area contributed by atoms with Crippen LogP contribution in [0, 0.1) is 5.92 Å². The van der Waals surface area contributed by atoms with E-state index in [1.54, 1.807) is 0 Å². The van der Waals surface area contributed by atoms with E-state index >= 15 is 0 Å². The van der Waals surface area contributed by atoms with Crippen LogP contribution in [-0.2, 0) is 4.79 Å². The van der Waals surface area contributed by atoms with Gasteiger partial charge in [-0.1, -0.05) is 60.7 Å². The smallest absolute Gasteiger partial charge is 0.307 e. The van der Waals surface area contributed by atoms with Crippen LogP contribution < -0.4 is 0 Å². The van der Waals surface area contributed by atoms with Crippen molar-refractivity contribution in [3.8, 4) is 0 Å². The Kier molecular flexibility index (Phi) is 4.91. The molecule has 2 aromatic rings. The van der Waals surface area contributed by atoms with Gasteiger partial charge in [-0.3, -0.25) is 4.79 Å². The number of rotatable bonds is 6. The number of carbonyl (C=O) groups is 1. The summed E-state index contributed by atoms with van der Waals surface area (Å²) in [6.07, 6.45) is 0.240. The van der Waals surface area contributed by atoms with E-state index in [-0.39, 0.29) is 18.9 Å². The Morgan fingerprint density at radius 2 is 1.35 bits per heavy atom. The number of carboxylic acids is 1. The van der Waals surface area contributed by atoms with Crippen LogP contribution in [0.25, 0.3) is 0 Å². The second-order valence-corrected chi connectivity index (χ2v) is 4.76. The zero-order valence-corrected chi connectivity index (χ0v) is 11.1. The predicted octanol–water partition coefficient (Wildman–Crippen LogP) is 2.90. The van der Waals surface area contributed by atoms with Gasteiger partial charge in [0.05, 0.1) is 5.92 Å². The van der Waals surface area contributed by atoms with Crippen LogP contribution in [0.15, 0.2) is 60.7 Å². The van der Waals surface area contributed by atoms with Gasteiger partial charge in [0.25, 0.3) is 0 Å². The molecule has 3 heteroatoms. The van der Waals surface area contributed by atoms with Crippen molar-refractivity contribution in [1.29, 1.82) is 0 Å². The van der Waals surface area contributed by atoms with Crippen molar-refractivity contribution in [1.82, 2.24) is 0 Å². The molecule has 2 aromatic carbocycles. The van der Waals surface area contributed by atoms with E-state index in [0.717, 1.165) is 11.1 Å². The molecule has 0 amide bonds. The third-order valence-corrected chi connectivity index (χ3v) is 3.48. The van der Waals surface area contributed by atoms with E-state index in [0.29, 0.717) is 0 Å². The van der Waals surface area contributed by atoms with Gasteiger partial charge >= 0.3 is 5.97 Å². The highest BCUT2D eigenvalue weighted by Crippen LogP contribution is 2.34. The van der Waals surface area contributed by atoms with Gasteiger partial charge in [0.1, 0.15) is 0 Å². The van der Waals surface area contributed by atoms with Crippen molar-refractivity contribution in [3.05, 3.63) is 71.8 Å². The van der Waals surface area contributed by atoms with Crippen LogP contribution in [0.1, 0.15) is 23.5 Å². The fourth-order valence-corrected chi connectivity index (χ4v) is 2.55. The van der Waals surface area contributed by atoms with Crippen molar-refractivity contribution in [2.45, 2.75) is 12.3 Å². The molecule has 0 aliphatic heterocycles. The third-order valence-electron chi connectivity index (χ3n) is 3.48. The van der Waals surface area contributed by atoms with Crippen molar-refractivity contribution >= 4 is 5.97 Å². The molecule has 104 valence electrons. The maximum atomic E-state index is 11.6. The zero-order chi connectivity index (χ0) is 14.4. The van der Waals surface area contributed by atoms with Gasteiger partial charge in [0.15, 0.2) is 0 Å². The number of aliphatic carboxylic acids is 1. The van der Waals surface area contributed by atoms with E-state index in [1.165, 1.54) is 0 Å². The summed E-state index contributed by atoms with van der Waals surface area (Å²) >= 11 is 0. The highest BCUT2D eigenvalue weighted by atomic mass is 16.4. The largest absolute Gasteiger partial charge is 0.481 e. The van der Waals surface area contributed by atoms with Crippen LogP contribution in [0.4, 0.5) is 0 Å². The Morgan fingerprint density at radius 3 is 1.70 bits per heavy atom. The molecule has 1 atom stereocenters. The van der Waals surface area contributed by atoms with Crippen LogP contribution in [0.5, 0.6) is 0 Å². The van der Waals surface area contributed by atoms with Crippen LogP contribution in [0.2, 0.25) is 0 Å². The normalized spacial score (nSPS) is 12.3. The fourth-order valence-electron chi connectivity index (χ4n) is 2.55. The van der Waals surface area contributed by atoms with Gasteiger partial charge < -0.3 is 10.2 Å². The predicted molar refractivity (Wildman–Crippen MR) is 77.6 cm³/mol. The number of hydrogen-bond donors (Lipinski definition) is 2. The highest BCUT2D eigenvalue weighted by molar-refractivity contribution is 5.72. The van der Waals surface area contributed by atoms with E-state index in [9.17, 15) is 9.90 Å². The van der Waals surface area contributed by atoms with Crippen LogP contribution in [-0.4, -0.2) is 22.8 Å². The maximum absolute atomic E-state index is 11.6. The Hall–Kier alpha value is -2.13. The first-order valence-corrected chi connectivity index (χ1v) is 6.67. The lowest BCUT2D eigenvalue weighted by molar-refractivity contribution is -0.142. The maximum Gasteiger partial charge on any atom is 0.307 e. The quantitative estimate of drug-likeness (QED) is 0.848. The van der Waals surface area contributed by atoms with Gasteiger partial charge in [0, 0.05) is 12.5 Å². The SMILES string of the molecule is O=C(O)C(CCO)C(c1ccccc1)c1ccccc1. The first kappa shape index (κ1) is 14.3. The Labute approximate surface area is 118 Å². The molecule has 0 bridgehead atoms. The van der Waals surface area contributed by atoms with Gasteiger partial charge in [-0.2, -0.15) is 0 Å². The number of benzene rings is 2. The molecule has 1 unspecified atom stereocenters. The number of aliphatic hydroxyl groups excluding tert-OH is 1. The summed E-state index contributed by atoms with van der Waals surface area (Å²) in [6.45, 7) is -0.132. The molecule has 0 spiro atoms. The standard InChI is InChI=1S/C17H18O3/c18-12-11-15(17(19)20)16(13-7-3-1-4-8-13)14-9-5-2-6-10-14/h1-10,15-16,18H,11-12H2,(H,19,20). The lowest BCUT2D eigenvalue weighted by Gasteiger charge is -2.24. The molecular weight excluding hydrogens is 252 g/mol. The van der Waals surface area contributed by atoms with E-state index in [4.69, 9.17) is 5.11 Å². The molecule has 2 N–H and O–H groups in total. The first-order chi connectivity index (χ1) is 9.74. The summed E-state index contributed by atoms with van der Waals surface area (Å²) in [7, 11) is 0. The lowest BCUT2D eigenvalue weighted by Crippen LogP contribution is -2.24. The molecule has 0 saturated heterocycles. The average Bonchev–Trinajstić information content (AvgIpc) is 2.49.